The monoisotopic (exact) mass is 270 g/mol. The van der Waals surface area contributed by atoms with Crippen LogP contribution in [0.5, 0.6) is 0 Å². The van der Waals surface area contributed by atoms with Gasteiger partial charge in [-0.2, -0.15) is 0 Å². The Morgan fingerprint density at radius 1 is 0.684 bits per heavy atom. The zero-order valence-electron chi connectivity index (χ0n) is 15.3. The molecule has 0 aromatic rings. The van der Waals surface area contributed by atoms with E-state index in [2.05, 4.69) is 55.4 Å². The van der Waals surface area contributed by atoms with Gasteiger partial charge in [-0.3, -0.25) is 0 Å². The first-order valence-corrected chi connectivity index (χ1v) is 8.90. The maximum Gasteiger partial charge on any atom is -0.0331 e. The van der Waals surface area contributed by atoms with E-state index in [1.807, 2.05) is 0 Å². The Morgan fingerprint density at radius 3 is 1.42 bits per heavy atom. The van der Waals surface area contributed by atoms with Gasteiger partial charge in [-0.05, 0) is 30.1 Å². The van der Waals surface area contributed by atoms with Gasteiger partial charge in [0.05, 0.1) is 0 Å². The van der Waals surface area contributed by atoms with Crippen molar-refractivity contribution < 1.29 is 0 Å². The molecule has 0 fully saturated rings. The van der Waals surface area contributed by atoms with E-state index in [9.17, 15) is 0 Å². The molecule has 0 heteroatoms. The minimum absolute atomic E-state index is 0.597. The first-order valence-electron chi connectivity index (χ1n) is 8.90. The zero-order chi connectivity index (χ0) is 15.3. The molecule has 0 N–H and O–H groups in total. The van der Waals surface area contributed by atoms with Gasteiger partial charge in [0.2, 0.25) is 0 Å². The second kappa shape index (κ2) is 13.0. The Morgan fingerprint density at radius 2 is 1.11 bits per heavy atom. The lowest BCUT2D eigenvalue weighted by atomic mass is 9.76. The number of rotatable bonds is 9. The quantitative estimate of drug-likeness (QED) is 0.407. The maximum atomic E-state index is 2.45. The molecule has 0 aromatic carbocycles. The second-order valence-corrected chi connectivity index (χ2v) is 6.80. The van der Waals surface area contributed by atoms with Crippen LogP contribution in [-0.2, 0) is 0 Å². The highest BCUT2D eigenvalue weighted by atomic mass is 14.3. The second-order valence-electron chi connectivity index (χ2n) is 6.80. The number of hydrogen-bond acceptors (Lipinski definition) is 0. The molecule has 0 rings (SSSR count). The molecule has 19 heavy (non-hydrogen) atoms. The summed E-state index contributed by atoms with van der Waals surface area (Å²) in [5.41, 5.74) is 0.597. The summed E-state index contributed by atoms with van der Waals surface area (Å²) >= 11 is 0. The lowest BCUT2D eigenvalue weighted by Gasteiger charge is -2.29. The van der Waals surface area contributed by atoms with Crippen molar-refractivity contribution in [2.75, 3.05) is 0 Å². The third kappa shape index (κ3) is 11.5. The fourth-order valence-electron chi connectivity index (χ4n) is 2.20. The van der Waals surface area contributed by atoms with E-state index >= 15 is 0 Å². The predicted octanol–water partition coefficient (Wildman–Crippen LogP) is 7.47. The van der Waals surface area contributed by atoms with Crippen molar-refractivity contribution in [3.63, 3.8) is 0 Å². The first kappa shape index (κ1) is 21.3. The summed E-state index contributed by atoms with van der Waals surface area (Å²) in [6.07, 6.45) is 10.9. The van der Waals surface area contributed by atoms with Gasteiger partial charge in [0.15, 0.2) is 0 Å². The van der Waals surface area contributed by atoms with Gasteiger partial charge in [0, 0.05) is 0 Å². The molecule has 0 aliphatic rings. The van der Waals surface area contributed by atoms with Crippen molar-refractivity contribution >= 4 is 0 Å². The van der Waals surface area contributed by atoms with Crippen LogP contribution in [0.25, 0.3) is 0 Å². The standard InChI is InChI=1S/C15H32.C4H10/c1-7-10-13(4)14(5)11-12-15(6,8-2)9-3;1-3-4-2/h13-14H,7-12H2,1-6H3;3-4H2,1-2H3. The minimum atomic E-state index is 0.597. The highest BCUT2D eigenvalue weighted by Gasteiger charge is 2.21. The molecule has 0 nitrogen and oxygen atoms in total. The molecule has 0 aliphatic carbocycles. The average Bonchev–Trinajstić information content (AvgIpc) is 2.44. The van der Waals surface area contributed by atoms with E-state index in [-0.39, 0.29) is 0 Å². The molecule has 0 aliphatic heterocycles. The van der Waals surface area contributed by atoms with E-state index in [1.165, 1.54) is 51.4 Å². The van der Waals surface area contributed by atoms with Crippen LogP contribution >= 0.6 is 0 Å². The number of hydrogen-bond donors (Lipinski definition) is 0. The molecular weight excluding hydrogens is 228 g/mol. The fourth-order valence-corrected chi connectivity index (χ4v) is 2.20. The molecule has 118 valence electrons. The van der Waals surface area contributed by atoms with Crippen LogP contribution < -0.4 is 0 Å². The predicted molar refractivity (Wildman–Crippen MR) is 91.7 cm³/mol. The Balaban J connectivity index is 0. The molecule has 0 amide bonds. The van der Waals surface area contributed by atoms with Crippen molar-refractivity contribution in [1.29, 1.82) is 0 Å². The van der Waals surface area contributed by atoms with Gasteiger partial charge in [0.1, 0.15) is 0 Å². The SMILES string of the molecule is CCCC.CCCC(C)C(C)CCC(C)(CC)CC. The normalized spacial score (nSPS) is 14.5. The van der Waals surface area contributed by atoms with Gasteiger partial charge in [-0.1, -0.05) is 93.9 Å². The van der Waals surface area contributed by atoms with Crippen molar-refractivity contribution in [2.45, 2.75) is 107 Å². The summed E-state index contributed by atoms with van der Waals surface area (Å²) in [6, 6.07) is 0. The van der Waals surface area contributed by atoms with Crippen LogP contribution in [0.4, 0.5) is 0 Å². The van der Waals surface area contributed by atoms with Gasteiger partial charge < -0.3 is 0 Å². The zero-order valence-corrected chi connectivity index (χ0v) is 15.3. The Bertz CT molecular complexity index is 165. The Kier molecular flexibility index (Phi) is 14.6. The maximum absolute atomic E-state index is 2.45. The smallest absolute Gasteiger partial charge is 0.0331 e. The van der Waals surface area contributed by atoms with Crippen LogP contribution in [0, 0.1) is 17.3 Å². The highest BCUT2D eigenvalue weighted by molar-refractivity contribution is 4.73. The summed E-state index contributed by atoms with van der Waals surface area (Å²) in [5, 5.41) is 0. The Hall–Kier alpha value is 0. The van der Waals surface area contributed by atoms with Gasteiger partial charge >= 0.3 is 0 Å². The molecule has 2 atom stereocenters. The molecule has 0 aromatic heterocycles. The third-order valence-corrected chi connectivity index (χ3v) is 5.13. The summed E-state index contributed by atoms with van der Waals surface area (Å²) in [4.78, 5) is 0. The lowest BCUT2D eigenvalue weighted by molar-refractivity contribution is 0.224. The van der Waals surface area contributed by atoms with Gasteiger partial charge in [-0.25, -0.2) is 0 Å². The number of unbranched alkanes of at least 4 members (excludes halogenated alkanes) is 1. The molecule has 2 unspecified atom stereocenters. The van der Waals surface area contributed by atoms with Crippen molar-refractivity contribution in [3.8, 4) is 0 Å². The van der Waals surface area contributed by atoms with E-state index in [4.69, 9.17) is 0 Å². The molecule has 0 saturated heterocycles. The lowest BCUT2D eigenvalue weighted by Crippen LogP contribution is -2.17. The topological polar surface area (TPSA) is 0 Å². The molecule has 0 saturated carbocycles. The molecule has 0 bridgehead atoms. The summed E-state index contributed by atoms with van der Waals surface area (Å²) < 4.78 is 0. The molecule has 0 radical (unpaired) electrons. The fraction of sp³-hybridized carbons (Fsp3) is 1.00. The molecule has 0 spiro atoms. The first-order chi connectivity index (χ1) is 8.90. The average molecular weight is 271 g/mol. The third-order valence-electron chi connectivity index (χ3n) is 5.13. The van der Waals surface area contributed by atoms with Gasteiger partial charge in [-0.15, -0.1) is 0 Å². The van der Waals surface area contributed by atoms with Crippen LogP contribution in [0.1, 0.15) is 107 Å². The van der Waals surface area contributed by atoms with Gasteiger partial charge in [0.25, 0.3) is 0 Å². The van der Waals surface area contributed by atoms with E-state index in [0.717, 1.165) is 11.8 Å². The van der Waals surface area contributed by atoms with Crippen LogP contribution in [0.3, 0.4) is 0 Å². The van der Waals surface area contributed by atoms with E-state index in [0.29, 0.717) is 5.41 Å². The Labute approximate surface area is 124 Å². The summed E-state index contributed by atoms with van der Waals surface area (Å²) in [5.74, 6) is 1.82. The summed E-state index contributed by atoms with van der Waals surface area (Å²) in [6.45, 7) is 18.6. The van der Waals surface area contributed by atoms with Crippen molar-refractivity contribution in [2.24, 2.45) is 17.3 Å². The van der Waals surface area contributed by atoms with E-state index in [1.54, 1.807) is 0 Å². The van der Waals surface area contributed by atoms with Crippen LogP contribution in [0.15, 0.2) is 0 Å². The molecule has 0 heterocycles. The molecular formula is C19H42. The minimum Gasteiger partial charge on any atom is -0.0654 e. The van der Waals surface area contributed by atoms with E-state index < -0.39 is 0 Å². The van der Waals surface area contributed by atoms with Crippen LogP contribution in [0.2, 0.25) is 0 Å². The van der Waals surface area contributed by atoms with Crippen molar-refractivity contribution in [3.05, 3.63) is 0 Å². The largest absolute Gasteiger partial charge is 0.0654 e. The highest BCUT2D eigenvalue weighted by Crippen LogP contribution is 2.34. The van der Waals surface area contributed by atoms with Crippen molar-refractivity contribution in [1.82, 2.24) is 0 Å². The summed E-state index contributed by atoms with van der Waals surface area (Å²) in [7, 11) is 0. The van der Waals surface area contributed by atoms with Crippen LogP contribution in [-0.4, -0.2) is 0 Å².